The Morgan fingerprint density at radius 1 is 0.500 bits per heavy atom. The van der Waals surface area contributed by atoms with Gasteiger partial charge in [-0.15, -0.1) is 11.3 Å². The van der Waals surface area contributed by atoms with Gasteiger partial charge in [0.25, 0.3) is 0 Å². The Morgan fingerprint density at radius 2 is 1.14 bits per heavy atom. The Labute approximate surface area is 396 Å². The van der Waals surface area contributed by atoms with Gasteiger partial charge < -0.3 is 9.71 Å². The zero-order valence-electron chi connectivity index (χ0n) is 40.2. The summed E-state index contributed by atoms with van der Waals surface area (Å²) >= 11 is 1.91. The van der Waals surface area contributed by atoms with Crippen molar-refractivity contribution in [3.8, 4) is 22.3 Å². The van der Waals surface area contributed by atoms with Crippen molar-refractivity contribution in [1.82, 2.24) is 0 Å². The van der Waals surface area contributed by atoms with Crippen molar-refractivity contribution < 1.29 is 0 Å². The first kappa shape index (κ1) is 41.3. The van der Waals surface area contributed by atoms with Gasteiger partial charge in [-0.3, -0.25) is 0 Å². The third-order valence-corrected chi connectivity index (χ3v) is 16.7. The van der Waals surface area contributed by atoms with E-state index in [4.69, 9.17) is 0 Å². The van der Waals surface area contributed by atoms with Crippen LogP contribution in [0.4, 0.5) is 28.4 Å². The number of nitrogens with zero attached hydrogens (tertiary/aromatic N) is 2. The van der Waals surface area contributed by atoms with Crippen molar-refractivity contribution in [2.45, 2.75) is 104 Å². The van der Waals surface area contributed by atoms with Gasteiger partial charge in [0.2, 0.25) is 0 Å². The molecular formula is C62H59BN2S. The minimum atomic E-state index is -0.103. The quantitative estimate of drug-likeness (QED) is 0.163. The van der Waals surface area contributed by atoms with Crippen LogP contribution < -0.4 is 20.6 Å². The van der Waals surface area contributed by atoms with Gasteiger partial charge in [0, 0.05) is 54.0 Å². The molecule has 9 aromatic rings. The van der Waals surface area contributed by atoms with Crippen molar-refractivity contribution in [2.24, 2.45) is 0 Å². The standard InChI is InChI=1S/C62H59BN2S/c1-59(2,3)40-24-27-42(28-25-40)65-52-36-49-48(61(7,8)30-31-62(49,9)10)34-47(52)57-43-21-15-14-20-39(43)32-54-58(57)63(65)50-35-46-44-22-16-17-23-55(44)66-56(46)37-53(50)64(54)51-29-26-41(60(4,5)6)33-45(51)38-18-12-11-13-19-38/h11-29,32-37H,30-31H2,1-10H3. The highest BCUT2D eigenvalue weighted by atomic mass is 32.1. The molecule has 3 heterocycles. The van der Waals surface area contributed by atoms with Gasteiger partial charge in [0.05, 0.1) is 5.69 Å². The average Bonchev–Trinajstić information content (AvgIpc) is 3.66. The molecular weight excluding hydrogens is 816 g/mol. The van der Waals surface area contributed by atoms with E-state index in [1.807, 2.05) is 11.3 Å². The Balaban J connectivity index is 1.27. The van der Waals surface area contributed by atoms with Crippen LogP contribution in [-0.2, 0) is 21.7 Å². The molecule has 0 atom stereocenters. The molecule has 0 fully saturated rings. The van der Waals surface area contributed by atoms with Crippen molar-refractivity contribution in [3.05, 3.63) is 174 Å². The lowest BCUT2D eigenvalue weighted by Gasteiger charge is -2.48. The molecule has 12 rings (SSSR count). The monoisotopic (exact) mass is 874 g/mol. The van der Waals surface area contributed by atoms with Crippen LogP contribution in [0.5, 0.6) is 0 Å². The highest BCUT2D eigenvalue weighted by Gasteiger charge is 2.48. The van der Waals surface area contributed by atoms with Crippen LogP contribution in [0.2, 0.25) is 0 Å². The molecule has 326 valence electrons. The maximum Gasteiger partial charge on any atom is 0.333 e. The second-order valence-electron chi connectivity index (χ2n) is 22.8. The number of rotatable bonds is 3. The predicted octanol–water partition coefficient (Wildman–Crippen LogP) is 16.5. The number of anilines is 5. The minimum absolute atomic E-state index is 0.0213. The molecule has 0 radical (unpaired) electrons. The number of benzene rings is 8. The van der Waals surface area contributed by atoms with E-state index in [9.17, 15) is 0 Å². The molecule has 2 nitrogen and oxygen atoms in total. The van der Waals surface area contributed by atoms with E-state index in [0.717, 1.165) is 6.42 Å². The summed E-state index contributed by atoms with van der Waals surface area (Å²) in [5.74, 6) is 0. The second-order valence-corrected chi connectivity index (χ2v) is 23.9. The highest BCUT2D eigenvalue weighted by Crippen LogP contribution is 2.55. The molecule has 1 aromatic heterocycles. The second kappa shape index (κ2) is 14.2. The lowest BCUT2D eigenvalue weighted by Crippen LogP contribution is -2.61. The topological polar surface area (TPSA) is 6.48 Å². The summed E-state index contributed by atoms with van der Waals surface area (Å²) in [7, 11) is 0. The smallest absolute Gasteiger partial charge is 0.333 e. The summed E-state index contributed by atoms with van der Waals surface area (Å²) in [4.78, 5) is 5.41. The molecule has 3 aliphatic rings. The molecule has 0 N–H and O–H groups in total. The largest absolute Gasteiger partial charge is 0.376 e. The van der Waals surface area contributed by atoms with Gasteiger partial charge in [-0.05, 0) is 144 Å². The van der Waals surface area contributed by atoms with Crippen LogP contribution in [0.1, 0.15) is 104 Å². The summed E-state index contributed by atoms with van der Waals surface area (Å²) in [6, 6.07) is 59.1. The van der Waals surface area contributed by atoms with Crippen molar-refractivity contribution >= 4 is 88.5 Å². The molecule has 0 saturated heterocycles. The van der Waals surface area contributed by atoms with E-state index in [2.05, 4.69) is 231 Å². The van der Waals surface area contributed by atoms with E-state index in [0.29, 0.717) is 0 Å². The van der Waals surface area contributed by atoms with Gasteiger partial charge in [0.1, 0.15) is 0 Å². The Hall–Kier alpha value is -6.10. The minimum Gasteiger partial charge on any atom is -0.376 e. The van der Waals surface area contributed by atoms with Gasteiger partial charge >= 0.3 is 6.85 Å². The summed E-state index contributed by atoms with van der Waals surface area (Å²) in [6.45, 7) is 23.7. The highest BCUT2D eigenvalue weighted by molar-refractivity contribution is 7.26. The maximum atomic E-state index is 2.75. The number of fused-ring (bicyclic) bond motifs is 10. The van der Waals surface area contributed by atoms with Crippen LogP contribution >= 0.6 is 11.3 Å². The van der Waals surface area contributed by atoms with Crippen LogP contribution in [0, 0.1) is 0 Å². The van der Waals surface area contributed by atoms with Crippen LogP contribution in [0.3, 0.4) is 0 Å². The van der Waals surface area contributed by atoms with E-state index in [1.54, 1.807) is 0 Å². The number of hydrogen-bond acceptors (Lipinski definition) is 3. The van der Waals surface area contributed by atoms with E-state index < -0.39 is 0 Å². The number of thiophene rings is 1. The third-order valence-electron chi connectivity index (χ3n) is 15.6. The van der Waals surface area contributed by atoms with Crippen LogP contribution in [-0.4, -0.2) is 6.85 Å². The zero-order valence-corrected chi connectivity index (χ0v) is 41.0. The van der Waals surface area contributed by atoms with Gasteiger partial charge in [-0.2, -0.15) is 0 Å². The lowest BCUT2D eigenvalue weighted by atomic mass is 9.43. The van der Waals surface area contributed by atoms with Gasteiger partial charge in [0.15, 0.2) is 0 Å². The van der Waals surface area contributed by atoms with Crippen molar-refractivity contribution in [3.63, 3.8) is 0 Å². The summed E-state index contributed by atoms with van der Waals surface area (Å²) in [6.07, 6.45) is 2.33. The molecule has 0 spiro atoms. The number of hydrogen-bond donors (Lipinski definition) is 0. The molecule has 0 saturated carbocycles. The molecule has 8 aromatic carbocycles. The predicted molar refractivity (Wildman–Crippen MR) is 289 cm³/mol. The SMILES string of the molecule is CC(C)(C)c1ccc(N2B3c4cc5c(cc4N(c4ccc(C(C)(C)C)cc4-c4ccccc4)c4cc6ccccc6c(c43)-c3cc4c(cc32)C(C)(C)CCC4(C)C)sc2ccccc25)cc1. The first-order chi connectivity index (χ1) is 31.5. The van der Waals surface area contributed by atoms with Gasteiger partial charge in [-0.25, -0.2) is 0 Å². The molecule has 2 aliphatic heterocycles. The van der Waals surface area contributed by atoms with Crippen molar-refractivity contribution in [2.75, 3.05) is 9.71 Å². The Kier molecular flexibility index (Phi) is 8.90. The Bertz CT molecular complexity index is 3450. The van der Waals surface area contributed by atoms with E-state index in [-0.39, 0.29) is 28.5 Å². The van der Waals surface area contributed by atoms with E-state index >= 15 is 0 Å². The van der Waals surface area contributed by atoms with Crippen LogP contribution in [0.15, 0.2) is 152 Å². The maximum absolute atomic E-state index is 2.75. The molecule has 66 heavy (non-hydrogen) atoms. The molecule has 0 amide bonds. The Morgan fingerprint density at radius 3 is 1.85 bits per heavy atom. The molecule has 0 bridgehead atoms. The normalized spacial score (nSPS) is 16.1. The third kappa shape index (κ3) is 6.20. The van der Waals surface area contributed by atoms with Crippen LogP contribution in [0.25, 0.3) is 53.2 Å². The molecule has 1 aliphatic carbocycles. The fraction of sp³-hybridized carbons (Fsp3) is 0.258. The zero-order chi connectivity index (χ0) is 45.7. The summed E-state index contributed by atoms with van der Waals surface area (Å²) in [5, 5.41) is 5.23. The first-order valence-electron chi connectivity index (χ1n) is 24.1. The van der Waals surface area contributed by atoms with Gasteiger partial charge in [-0.1, -0.05) is 166 Å². The summed E-state index contributed by atoms with van der Waals surface area (Å²) < 4.78 is 2.64. The molecule has 0 unspecified atom stereocenters. The lowest BCUT2D eigenvalue weighted by molar-refractivity contribution is 0.332. The van der Waals surface area contributed by atoms with E-state index in [1.165, 1.54) is 121 Å². The van der Waals surface area contributed by atoms with Crippen molar-refractivity contribution in [1.29, 1.82) is 0 Å². The first-order valence-corrected chi connectivity index (χ1v) is 24.9. The fourth-order valence-corrected chi connectivity index (χ4v) is 12.8. The molecule has 4 heteroatoms. The fourth-order valence-electron chi connectivity index (χ4n) is 11.7. The average molecular weight is 875 g/mol. The summed E-state index contributed by atoms with van der Waals surface area (Å²) in [5.41, 5.74) is 19.9.